The van der Waals surface area contributed by atoms with Crippen LogP contribution in [0.4, 0.5) is 10.3 Å². The minimum atomic E-state index is -0.798. The molecule has 1 amide bonds. The van der Waals surface area contributed by atoms with Crippen molar-refractivity contribution in [3.63, 3.8) is 0 Å². The van der Waals surface area contributed by atoms with Crippen LogP contribution in [-0.2, 0) is 4.74 Å². The fourth-order valence-electron chi connectivity index (χ4n) is 3.71. The predicted octanol–water partition coefficient (Wildman–Crippen LogP) is 4.14. The Morgan fingerprint density at radius 1 is 1.37 bits per heavy atom. The van der Waals surface area contributed by atoms with E-state index < -0.39 is 17.8 Å². The first-order chi connectivity index (χ1) is 16.9. The number of aryl methyl sites for hydroxylation is 1. The van der Waals surface area contributed by atoms with Crippen molar-refractivity contribution in [1.29, 1.82) is 0 Å². The molecule has 1 saturated heterocycles. The average molecular weight is 500 g/mol. The van der Waals surface area contributed by atoms with Crippen LogP contribution in [0.2, 0.25) is 5.02 Å². The van der Waals surface area contributed by atoms with Crippen molar-refractivity contribution in [1.82, 2.24) is 24.8 Å². The van der Waals surface area contributed by atoms with Gasteiger partial charge in [0.1, 0.15) is 23.7 Å². The number of imidazole rings is 1. The molecule has 11 nitrogen and oxygen atoms in total. The van der Waals surface area contributed by atoms with Crippen molar-refractivity contribution < 1.29 is 13.9 Å². The zero-order valence-electron chi connectivity index (χ0n) is 18.9. The molecule has 0 aliphatic carbocycles. The number of benzene rings is 1. The van der Waals surface area contributed by atoms with E-state index in [-0.39, 0.29) is 23.3 Å². The summed E-state index contributed by atoms with van der Waals surface area (Å²) in [6, 6.07) is 3.30. The van der Waals surface area contributed by atoms with Crippen LogP contribution in [0.15, 0.2) is 42.0 Å². The van der Waals surface area contributed by atoms with E-state index in [0.29, 0.717) is 30.5 Å². The topological polar surface area (TPSA) is 143 Å². The number of amides is 1. The third-order valence-corrected chi connectivity index (χ3v) is 5.70. The van der Waals surface area contributed by atoms with Gasteiger partial charge < -0.3 is 15.4 Å². The molecule has 0 bridgehead atoms. The van der Waals surface area contributed by atoms with Gasteiger partial charge in [-0.25, -0.2) is 14.4 Å². The van der Waals surface area contributed by atoms with Gasteiger partial charge in [0.05, 0.1) is 12.6 Å². The van der Waals surface area contributed by atoms with E-state index in [1.807, 2.05) is 6.92 Å². The molecular weight excluding hydrogens is 477 g/mol. The van der Waals surface area contributed by atoms with Gasteiger partial charge in [0, 0.05) is 47.1 Å². The van der Waals surface area contributed by atoms with Gasteiger partial charge in [-0.1, -0.05) is 16.7 Å². The van der Waals surface area contributed by atoms with E-state index in [1.165, 1.54) is 24.7 Å². The zero-order valence-corrected chi connectivity index (χ0v) is 19.6. The monoisotopic (exact) mass is 499 g/mol. The number of ether oxygens (including phenoxy) is 1. The molecule has 4 rings (SSSR count). The van der Waals surface area contributed by atoms with E-state index in [1.54, 1.807) is 10.8 Å². The van der Waals surface area contributed by atoms with E-state index in [2.05, 4.69) is 35.6 Å². The lowest BCUT2D eigenvalue weighted by atomic mass is 10.1. The van der Waals surface area contributed by atoms with Crippen molar-refractivity contribution in [2.24, 2.45) is 5.11 Å². The van der Waals surface area contributed by atoms with Crippen LogP contribution in [-0.4, -0.2) is 51.2 Å². The molecule has 3 aromatic rings. The Labute approximate surface area is 205 Å². The number of halogens is 2. The van der Waals surface area contributed by atoms with Crippen molar-refractivity contribution in [3.05, 3.63) is 75.0 Å². The smallest absolute Gasteiger partial charge is 0.271 e. The van der Waals surface area contributed by atoms with Gasteiger partial charge in [-0.2, -0.15) is 4.98 Å². The number of nitrogens with zero attached hydrogens (tertiary/aromatic N) is 7. The molecule has 2 aromatic heterocycles. The Balaban J connectivity index is 1.52. The molecule has 1 aliphatic heterocycles. The van der Waals surface area contributed by atoms with Crippen LogP contribution < -0.4 is 10.6 Å². The molecule has 0 radical (unpaired) electrons. The maximum atomic E-state index is 13.8. The number of carbonyl (C=O) groups is 1. The molecule has 13 heteroatoms. The van der Waals surface area contributed by atoms with Gasteiger partial charge in [0.2, 0.25) is 5.95 Å². The third-order valence-electron chi connectivity index (χ3n) is 5.48. The highest BCUT2D eigenvalue weighted by Gasteiger charge is 2.20. The van der Waals surface area contributed by atoms with Crippen LogP contribution in [0.5, 0.6) is 0 Å². The summed E-state index contributed by atoms with van der Waals surface area (Å²) in [5, 5.41) is 9.73. The molecule has 182 valence electrons. The van der Waals surface area contributed by atoms with E-state index >= 15 is 0 Å². The molecule has 0 spiro atoms. The molecule has 0 saturated carbocycles. The van der Waals surface area contributed by atoms with Crippen LogP contribution in [0.3, 0.4) is 0 Å². The molecule has 1 aliphatic rings. The van der Waals surface area contributed by atoms with Crippen molar-refractivity contribution in [3.8, 4) is 5.82 Å². The number of carbonyl (C=O) groups excluding carboxylic acids is 1. The Hall–Kier alpha value is -3.73. The minimum Gasteiger partial charge on any atom is -0.381 e. The SMILES string of the molecule is Cc1cnc(NC2CCOCC2)nc1-n1cnc(C(=O)N[C@H](CN=[N+]=[N-])c2cc(F)cc(Cl)c2)c1. The molecule has 2 N–H and O–H groups in total. The second-order valence-electron chi connectivity index (χ2n) is 8.04. The Morgan fingerprint density at radius 3 is 2.91 bits per heavy atom. The van der Waals surface area contributed by atoms with Crippen molar-refractivity contribution in [2.45, 2.75) is 31.8 Å². The zero-order chi connectivity index (χ0) is 24.8. The molecule has 1 fully saturated rings. The van der Waals surface area contributed by atoms with Crippen molar-refractivity contribution in [2.75, 3.05) is 25.1 Å². The molecule has 1 aromatic carbocycles. The quantitative estimate of drug-likeness (QED) is 0.271. The normalized spacial score (nSPS) is 14.7. The molecule has 3 heterocycles. The van der Waals surface area contributed by atoms with Gasteiger partial charge in [0.25, 0.3) is 5.91 Å². The second-order valence-corrected chi connectivity index (χ2v) is 8.48. The summed E-state index contributed by atoms with van der Waals surface area (Å²) >= 11 is 5.95. The first kappa shape index (κ1) is 24.4. The molecular formula is C22H23ClFN9O2. The average Bonchev–Trinajstić information content (AvgIpc) is 3.33. The molecule has 0 unspecified atom stereocenters. The maximum Gasteiger partial charge on any atom is 0.271 e. The number of azide groups is 1. The number of aromatic nitrogens is 4. The van der Waals surface area contributed by atoms with E-state index in [0.717, 1.165) is 24.5 Å². The van der Waals surface area contributed by atoms with Crippen LogP contribution in [0, 0.1) is 12.7 Å². The van der Waals surface area contributed by atoms with Gasteiger partial charge >= 0.3 is 0 Å². The van der Waals surface area contributed by atoms with Crippen LogP contribution >= 0.6 is 11.6 Å². The molecule has 35 heavy (non-hydrogen) atoms. The Kier molecular flexibility index (Phi) is 7.76. The van der Waals surface area contributed by atoms with Crippen LogP contribution in [0.1, 0.15) is 40.5 Å². The lowest BCUT2D eigenvalue weighted by Crippen LogP contribution is -2.30. The number of hydrogen-bond acceptors (Lipinski definition) is 7. The van der Waals surface area contributed by atoms with Gasteiger partial charge in [-0.05, 0) is 49.1 Å². The lowest BCUT2D eigenvalue weighted by molar-refractivity contribution is 0.0903. The van der Waals surface area contributed by atoms with Crippen molar-refractivity contribution >= 4 is 23.5 Å². The standard InChI is InChI=1S/C22H23ClFN9O2/c1-13-9-26-22(29-17-2-4-35-5-3-17)31-20(13)33-11-19(27-12-33)21(34)30-18(10-28-32-25)14-6-15(23)8-16(24)7-14/h6-9,11-12,17-18H,2-5,10H2,1H3,(H,30,34)(H,26,29,31)/t18-/m1/s1. The number of nitrogens with one attached hydrogen (secondary N) is 2. The highest BCUT2D eigenvalue weighted by molar-refractivity contribution is 6.30. The maximum absolute atomic E-state index is 13.8. The second kappa shape index (κ2) is 11.1. The Morgan fingerprint density at radius 2 is 2.17 bits per heavy atom. The highest BCUT2D eigenvalue weighted by Crippen LogP contribution is 2.22. The van der Waals surface area contributed by atoms with Gasteiger partial charge in [-0.15, -0.1) is 0 Å². The summed E-state index contributed by atoms with van der Waals surface area (Å²) in [6.45, 7) is 3.11. The summed E-state index contributed by atoms with van der Waals surface area (Å²) in [5.41, 5.74) is 9.98. The fraction of sp³-hybridized carbons (Fsp3) is 0.364. The number of rotatable bonds is 8. The number of anilines is 1. The van der Waals surface area contributed by atoms with Gasteiger partial charge in [-0.3, -0.25) is 9.36 Å². The largest absolute Gasteiger partial charge is 0.381 e. The van der Waals surface area contributed by atoms with E-state index in [4.69, 9.17) is 21.9 Å². The Bertz CT molecular complexity index is 1240. The summed E-state index contributed by atoms with van der Waals surface area (Å²) in [4.78, 5) is 28.8. The summed E-state index contributed by atoms with van der Waals surface area (Å²) in [7, 11) is 0. The highest BCUT2D eigenvalue weighted by atomic mass is 35.5. The minimum absolute atomic E-state index is 0.107. The fourth-order valence-corrected chi connectivity index (χ4v) is 3.94. The predicted molar refractivity (Wildman–Crippen MR) is 127 cm³/mol. The summed E-state index contributed by atoms with van der Waals surface area (Å²) in [6.07, 6.45) is 6.45. The summed E-state index contributed by atoms with van der Waals surface area (Å²) in [5.74, 6) is -0.0471. The van der Waals surface area contributed by atoms with E-state index in [9.17, 15) is 9.18 Å². The van der Waals surface area contributed by atoms with Crippen LogP contribution in [0.25, 0.3) is 16.3 Å². The first-order valence-electron chi connectivity index (χ1n) is 10.9. The number of hydrogen-bond donors (Lipinski definition) is 2. The summed E-state index contributed by atoms with van der Waals surface area (Å²) < 4.78 is 20.9. The lowest BCUT2D eigenvalue weighted by Gasteiger charge is -2.23. The van der Waals surface area contributed by atoms with Gasteiger partial charge in [0.15, 0.2) is 0 Å². The first-order valence-corrected chi connectivity index (χ1v) is 11.3. The molecule has 1 atom stereocenters. The third kappa shape index (κ3) is 6.24.